The Balaban J connectivity index is 2.89. The van der Waals surface area contributed by atoms with Gasteiger partial charge in [0, 0.05) is 12.1 Å². The van der Waals surface area contributed by atoms with Gasteiger partial charge in [-0.2, -0.15) is 0 Å². The smallest absolute Gasteiger partial charge is 0.240 e. The summed E-state index contributed by atoms with van der Waals surface area (Å²) in [5.74, 6) is -0.764. The zero-order chi connectivity index (χ0) is 14.7. The first kappa shape index (κ1) is 15.8. The number of hydrogen-bond acceptors (Lipinski definition) is 5. The van der Waals surface area contributed by atoms with E-state index in [2.05, 4.69) is 4.72 Å². The molecule has 0 spiro atoms. The summed E-state index contributed by atoms with van der Waals surface area (Å²) in [7, 11) is -7.59. The Morgan fingerprint density at radius 3 is 2.42 bits per heavy atom. The van der Waals surface area contributed by atoms with Gasteiger partial charge in [0.15, 0.2) is 5.78 Å². The molecule has 0 amide bonds. The van der Waals surface area contributed by atoms with Gasteiger partial charge < -0.3 is 0 Å². The van der Waals surface area contributed by atoms with Gasteiger partial charge in [0.05, 0.1) is 10.6 Å². The number of nitrogens with one attached hydrogen (secondary N) is 1. The quantitative estimate of drug-likeness (QED) is 0.683. The van der Waals surface area contributed by atoms with Crippen LogP contribution >= 0.6 is 0 Å². The van der Waals surface area contributed by atoms with Gasteiger partial charge in [-0.3, -0.25) is 4.79 Å². The molecular weight excluding hydrogens is 292 g/mol. The Kier molecular flexibility index (Phi) is 4.80. The van der Waals surface area contributed by atoms with Crippen LogP contribution < -0.4 is 9.86 Å². The lowest BCUT2D eigenvalue weighted by molar-refractivity contribution is 0.101. The maximum Gasteiger partial charge on any atom is 0.240 e. The fraction of sp³-hybridized carbons (Fsp3) is 0.300. The standard InChI is InChI=1S/C10H14N2O5S2/c1-8(13)9-3-2-4-10(7-9)19(16,17)12-5-6-18(11,14)15/h2-4,7,12H,5-6H2,1H3,(H2,11,14,15). The molecule has 9 heteroatoms. The first-order valence-corrected chi connectivity index (χ1v) is 8.43. The Hall–Kier alpha value is -1.29. The van der Waals surface area contributed by atoms with Crippen LogP contribution in [0.5, 0.6) is 0 Å². The number of carbonyl (C=O) groups is 1. The Morgan fingerprint density at radius 2 is 1.89 bits per heavy atom. The molecule has 0 bridgehead atoms. The van der Waals surface area contributed by atoms with E-state index in [-0.39, 0.29) is 22.8 Å². The van der Waals surface area contributed by atoms with Crippen LogP contribution in [0.15, 0.2) is 29.2 Å². The van der Waals surface area contributed by atoms with Crippen molar-refractivity contribution < 1.29 is 21.6 Å². The first-order chi connectivity index (χ1) is 8.62. The van der Waals surface area contributed by atoms with Crippen LogP contribution in [0.4, 0.5) is 0 Å². The number of primary sulfonamides is 1. The molecule has 7 nitrogen and oxygen atoms in total. The number of rotatable bonds is 6. The molecule has 0 saturated heterocycles. The van der Waals surface area contributed by atoms with Crippen LogP contribution in [0.3, 0.4) is 0 Å². The number of sulfonamides is 2. The third-order valence-electron chi connectivity index (χ3n) is 2.23. The van der Waals surface area contributed by atoms with Gasteiger partial charge in [-0.1, -0.05) is 12.1 Å². The molecule has 0 radical (unpaired) electrons. The molecule has 0 aromatic heterocycles. The average Bonchev–Trinajstić information content (AvgIpc) is 2.27. The van der Waals surface area contributed by atoms with Crippen LogP contribution in [0.2, 0.25) is 0 Å². The Labute approximate surface area is 111 Å². The summed E-state index contributed by atoms with van der Waals surface area (Å²) in [5.41, 5.74) is 0.259. The van der Waals surface area contributed by atoms with Crippen molar-refractivity contribution >= 4 is 25.8 Å². The normalized spacial score (nSPS) is 12.3. The van der Waals surface area contributed by atoms with Crippen LogP contribution in [0, 0.1) is 0 Å². The van der Waals surface area contributed by atoms with E-state index in [0.717, 1.165) is 0 Å². The molecule has 0 aliphatic rings. The van der Waals surface area contributed by atoms with E-state index >= 15 is 0 Å². The summed E-state index contributed by atoms with van der Waals surface area (Å²) in [4.78, 5) is 11.1. The van der Waals surface area contributed by atoms with E-state index in [4.69, 9.17) is 5.14 Å². The van der Waals surface area contributed by atoms with Gasteiger partial charge in [-0.15, -0.1) is 0 Å². The zero-order valence-corrected chi connectivity index (χ0v) is 11.8. The minimum Gasteiger partial charge on any atom is -0.295 e. The number of benzene rings is 1. The lowest BCUT2D eigenvalue weighted by Crippen LogP contribution is -2.31. The molecule has 0 fully saturated rings. The number of nitrogens with two attached hydrogens (primary N) is 1. The van der Waals surface area contributed by atoms with Crippen molar-refractivity contribution in [2.24, 2.45) is 5.14 Å². The molecule has 0 unspecified atom stereocenters. The highest BCUT2D eigenvalue weighted by Crippen LogP contribution is 2.11. The third kappa shape index (κ3) is 5.07. The van der Waals surface area contributed by atoms with Crippen molar-refractivity contribution in [2.45, 2.75) is 11.8 Å². The number of hydrogen-bond donors (Lipinski definition) is 2. The molecule has 1 rings (SSSR count). The van der Waals surface area contributed by atoms with Crippen molar-refractivity contribution in [1.82, 2.24) is 4.72 Å². The zero-order valence-electron chi connectivity index (χ0n) is 10.2. The fourth-order valence-corrected chi connectivity index (χ4v) is 2.88. The molecule has 1 aromatic carbocycles. The molecule has 0 heterocycles. The van der Waals surface area contributed by atoms with Crippen LogP contribution in [0.1, 0.15) is 17.3 Å². The summed E-state index contributed by atoms with van der Waals surface area (Å²) in [5, 5.41) is 4.76. The minimum atomic E-state index is -3.86. The maximum absolute atomic E-state index is 11.8. The summed E-state index contributed by atoms with van der Waals surface area (Å²) in [6.45, 7) is 0.992. The van der Waals surface area contributed by atoms with Gasteiger partial charge in [-0.25, -0.2) is 26.7 Å². The molecule has 0 saturated carbocycles. The predicted molar refractivity (Wildman–Crippen MR) is 69.6 cm³/mol. The topological polar surface area (TPSA) is 123 Å². The monoisotopic (exact) mass is 306 g/mol. The summed E-state index contributed by atoms with van der Waals surface area (Å²) in [6.07, 6.45) is 0. The van der Waals surface area contributed by atoms with Crippen LogP contribution in [-0.2, 0) is 20.0 Å². The van der Waals surface area contributed by atoms with Crippen molar-refractivity contribution in [2.75, 3.05) is 12.3 Å². The van der Waals surface area contributed by atoms with E-state index in [9.17, 15) is 21.6 Å². The average molecular weight is 306 g/mol. The highest BCUT2D eigenvalue weighted by Gasteiger charge is 2.15. The molecular formula is C10H14N2O5S2. The number of carbonyl (C=O) groups excluding carboxylic acids is 1. The Morgan fingerprint density at radius 1 is 1.26 bits per heavy atom. The second-order valence-corrected chi connectivity index (χ2v) is 7.35. The van der Waals surface area contributed by atoms with Crippen LogP contribution in [0.25, 0.3) is 0 Å². The third-order valence-corrected chi connectivity index (χ3v) is 4.46. The SMILES string of the molecule is CC(=O)c1cccc(S(=O)(=O)NCCS(N)(=O)=O)c1. The molecule has 106 valence electrons. The lowest BCUT2D eigenvalue weighted by Gasteiger charge is -2.07. The molecule has 19 heavy (non-hydrogen) atoms. The predicted octanol–water partition coefficient (Wildman–Crippen LogP) is -0.544. The summed E-state index contributed by atoms with van der Waals surface area (Å²) >= 11 is 0. The van der Waals surface area contributed by atoms with Gasteiger partial charge in [-0.05, 0) is 19.1 Å². The molecule has 0 atom stereocenters. The van der Waals surface area contributed by atoms with Gasteiger partial charge in [0.1, 0.15) is 0 Å². The highest BCUT2D eigenvalue weighted by atomic mass is 32.2. The second-order valence-electron chi connectivity index (χ2n) is 3.85. The minimum absolute atomic E-state index is 0.102. The number of Topliss-reactive ketones (excluding diaryl/α,β-unsaturated/α-hetero) is 1. The van der Waals surface area contributed by atoms with Gasteiger partial charge >= 0.3 is 0 Å². The molecule has 0 aliphatic heterocycles. The number of ketones is 1. The van der Waals surface area contributed by atoms with Gasteiger partial charge in [0.2, 0.25) is 20.0 Å². The van der Waals surface area contributed by atoms with E-state index in [1.807, 2.05) is 0 Å². The second kappa shape index (κ2) is 5.78. The van der Waals surface area contributed by atoms with E-state index in [1.165, 1.54) is 31.2 Å². The largest absolute Gasteiger partial charge is 0.295 e. The summed E-state index contributed by atoms with van der Waals surface area (Å²) in [6, 6.07) is 5.46. The maximum atomic E-state index is 11.8. The molecule has 1 aromatic rings. The highest BCUT2D eigenvalue weighted by molar-refractivity contribution is 7.90. The van der Waals surface area contributed by atoms with Crippen molar-refractivity contribution in [3.63, 3.8) is 0 Å². The fourth-order valence-electron chi connectivity index (χ4n) is 1.28. The Bertz CT molecular complexity index is 680. The molecule has 0 aliphatic carbocycles. The first-order valence-electron chi connectivity index (χ1n) is 5.23. The van der Waals surface area contributed by atoms with E-state index < -0.39 is 25.8 Å². The van der Waals surface area contributed by atoms with E-state index in [0.29, 0.717) is 0 Å². The van der Waals surface area contributed by atoms with Crippen molar-refractivity contribution in [1.29, 1.82) is 0 Å². The van der Waals surface area contributed by atoms with Crippen molar-refractivity contribution in [3.05, 3.63) is 29.8 Å². The molecule has 3 N–H and O–H groups in total. The van der Waals surface area contributed by atoms with E-state index in [1.54, 1.807) is 0 Å². The summed E-state index contributed by atoms with van der Waals surface area (Å²) < 4.78 is 47.2. The van der Waals surface area contributed by atoms with Crippen molar-refractivity contribution in [3.8, 4) is 0 Å². The lowest BCUT2D eigenvalue weighted by atomic mass is 10.2. The van der Waals surface area contributed by atoms with Gasteiger partial charge in [0.25, 0.3) is 0 Å². The van der Waals surface area contributed by atoms with Crippen LogP contribution in [-0.4, -0.2) is 34.9 Å².